The topological polar surface area (TPSA) is 140 Å². The second-order valence-corrected chi connectivity index (χ2v) is 5.54. The van der Waals surface area contributed by atoms with Crippen LogP contribution < -0.4 is 16.2 Å². The molecule has 0 aliphatic heterocycles. The van der Waals surface area contributed by atoms with Crippen molar-refractivity contribution in [2.24, 2.45) is 0 Å². The molecule has 1 amide bonds. The summed E-state index contributed by atoms with van der Waals surface area (Å²) in [6.07, 6.45) is 0.184. The van der Waals surface area contributed by atoms with E-state index in [0.717, 1.165) is 17.1 Å². The molecule has 3 rings (SSSR count). The van der Waals surface area contributed by atoms with Crippen LogP contribution in [0.1, 0.15) is 16.2 Å². The van der Waals surface area contributed by atoms with Gasteiger partial charge in [0.2, 0.25) is 11.8 Å². The highest BCUT2D eigenvalue weighted by Crippen LogP contribution is 2.20. The van der Waals surface area contributed by atoms with E-state index in [2.05, 4.69) is 25.6 Å². The molecular formula is C17H17N5O4. The molecule has 0 aliphatic carbocycles. The lowest BCUT2D eigenvalue weighted by molar-refractivity contribution is 0.0952. The molecular weight excluding hydrogens is 338 g/mol. The third-order valence-electron chi connectivity index (χ3n) is 3.77. The van der Waals surface area contributed by atoms with Gasteiger partial charge in [-0.15, -0.1) is 0 Å². The number of rotatable bonds is 5. The lowest BCUT2D eigenvalue weighted by Gasteiger charge is -2.08. The Bertz CT molecular complexity index is 1010. The number of para-hydroxylation sites is 1. The van der Waals surface area contributed by atoms with E-state index < -0.39 is 11.5 Å². The van der Waals surface area contributed by atoms with Crippen LogP contribution >= 0.6 is 0 Å². The molecule has 5 N–H and O–H groups in total. The standard InChI is InChI=1S/C17H17N5O4/c1-18-11-4-2-3-9-7-10(17(26)22-15(9)11)16(25)19-6-5-12-20-13(23)8-14(24)21-12/h2-4,7-8,18H,5-6H2,1H3,(H,19,25)(H,22,26)(H2,20,21,23,24). The van der Waals surface area contributed by atoms with E-state index in [4.69, 9.17) is 0 Å². The van der Waals surface area contributed by atoms with Gasteiger partial charge in [-0.1, -0.05) is 12.1 Å². The summed E-state index contributed by atoms with van der Waals surface area (Å²) in [6, 6.07) is 7.98. The van der Waals surface area contributed by atoms with Gasteiger partial charge >= 0.3 is 0 Å². The van der Waals surface area contributed by atoms with Gasteiger partial charge in [-0.3, -0.25) is 9.59 Å². The van der Waals surface area contributed by atoms with Crippen LogP contribution in [0.5, 0.6) is 11.8 Å². The third kappa shape index (κ3) is 3.56. The van der Waals surface area contributed by atoms with Gasteiger partial charge in [0, 0.05) is 25.4 Å². The van der Waals surface area contributed by atoms with Crippen molar-refractivity contribution in [1.29, 1.82) is 0 Å². The lowest BCUT2D eigenvalue weighted by atomic mass is 10.1. The zero-order valence-corrected chi connectivity index (χ0v) is 13.9. The number of aromatic amines is 1. The molecule has 0 bridgehead atoms. The van der Waals surface area contributed by atoms with Gasteiger partial charge in [-0.25, -0.2) is 0 Å². The second-order valence-electron chi connectivity index (χ2n) is 5.54. The molecule has 0 spiro atoms. The fourth-order valence-corrected chi connectivity index (χ4v) is 2.57. The van der Waals surface area contributed by atoms with E-state index in [9.17, 15) is 19.8 Å². The number of pyridine rings is 1. The van der Waals surface area contributed by atoms with Gasteiger partial charge in [0.15, 0.2) is 0 Å². The van der Waals surface area contributed by atoms with Crippen LogP contribution in [0.3, 0.4) is 0 Å². The molecule has 9 heteroatoms. The zero-order chi connectivity index (χ0) is 18.7. The maximum absolute atomic E-state index is 12.3. The number of aromatic nitrogens is 3. The number of aromatic hydroxyl groups is 2. The minimum atomic E-state index is -0.535. The van der Waals surface area contributed by atoms with Crippen LogP contribution in [-0.2, 0) is 6.42 Å². The quantitative estimate of drug-likeness (QED) is 0.455. The summed E-state index contributed by atoms with van der Waals surface area (Å²) < 4.78 is 0. The minimum Gasteiger partial charge on any atom is -0.493 e. The molecule has 134 valence electrons. The molecule has 0 unspecified atom stereocenters. The maximum atomic E-state index is 12.3. The Kier molecular flexibility index (Phi) is 4.70. The van der Waals surface area contributed by atoms with Crippen molar-refractivity contribution in [3.63, 3.8) is 0 Å². The number of hydrogen-bond acceptors (Lipinski definition) is 7. The number of hydrogen-bond donors (Lipinski definition) is 5. The summed E-state index contributed by atoms with van der Waals surface area (Å²) in [4.78, 5) is 34.7. The Morgan fingerprint density at radius 3 is 2.62 bits per heavy atom. The number of fused-ring (bicyclic) bond motifs is 1. The Morgan fingerprint density at radius 2 is 1.92 bits per heavy atom. The Morgan fingerprint density at radius 1 is 1.19 bits per heavy atom. The van der Waals surface area contributed by atoms with Crippen LogP contribution in [0.4, 0.5) is 5.69 Å². The van der Waals surface area contributed by atoms with Crippen LogP contribution in [0.25, 0.3) is 10.9 Å². The Hall–Kier alpha value is -3.62. The molecule has 3 aromatic rings. The van der Waals surface area contributed by atoms with Crippen molar-refractivity contribution in [3.8, 4) is 11.8 Å². The van der Waals surface area contributed by atoms with Crippen molar-refractivity contribution in [3.05, 3.63) is 52.1 Å². The van der Waals surface area contributed by atoms with Crippen molar-refractivity contribution in [2.45, 2.75) is 6.42 Å². The second kappa shape index (κ2) is 7.09. The number of amides is 1. The maximum Gasteiger partial charge on any atom is 0.261 e. The first-order chi connectivity index (χ1) is 12.5. The molecule has 1 aromatic carbocycles. The lowest BCUT2D eigenvalue weighted by Crippen LogP contribution is -2.31. The summed E-state index contributed by atoms with van der Waals surface area (Å²) in [7, 11) is 1.74. The van der Waals surface area contributed by atoms with E-state index in [1.807, 2.05) is 12.1 Å². The van der Waals surface area contributed by atoms with Crippen LogP contribution in [-0.4, -0.2) is 44.7 Å². The fraction of sp³-hybridized carbons (Fsp3) is 0.176. The van der Waals surface area contributed by atoms with Gasteiger partial charge in [-0.05, 0) is 12.1 Å². The van der Waals surface area contributed by atoms with E-state index in [1.54, 1.807) is 13.1 Å². The predicted molar refractivity (Wildman–Crippen MR) is 95.5 cm³/mol. The van der Waals surface area contributed by atoms with E-state index >= 15 is 0 Å². The molecule has 0 atom stereocenters. The largest absolute Gasteiger partial charge is 0.493 e. The average molecular weight is 355 g/mol. The van der Waals surface area contributed by atoms with Crippen molar-refractivity contribution in [1.82, 2.24) is 20.3 Å². The Balaban J connectivity index is 1.75. The molecule has 0 aliphatic rings. The van der Waals surface area contributed by atoms with Gasteiger partial charge in [-0.2, -0.15) is 9.97 Å². The number of nitrogens with one attached hydrogen (secondary N) is 3. The van der Waals surface area contributed by atoms with Gasteiger partial charge in [0.05, 0.1) is 17.3 Å². The number of carbonyl (C=O) groups is 1. The number of H-pyrrole nitrogens is 1. The van der Waals surface area contributed by atoms with E-state index in [0.29, 0.717) is 5.52 Å². The molecule has 2 aromatic heterocycles. The highest BCUT2D eigenvalue weighted by atomic mass is 16.3. The predicted octanol–water partition coefficient (Wildman–Crippen LogP) is 0.743. The average Bonchev–Trinajstić information content (AvgIpc) is 2.59. The summed E-state index contributed by atoms with van der Waals surface area (Å²) in [5.41, 5.74) is 0.877. The SMILES string of the molecule is CNc1cccc2cc(C(=O)NCCc3nc(O)cc(O)n3)c(=O)[nH]c12. The monoisotopic (exact) mass is 355 g/mol. The van der Waals surface area contributed by atoms with Crippen molar-refractivity contribution < 1.29 is 15.0 Å². The molecule has 0 saturated heterocycles. The molecule has 0 radical (unpaired) electrons. The summed E-state index contributed by atoms with van der Waals surface area (Å²) in [5.74, 6) is -1.07. The molecule has 2 heterocycles. The molecule has 0 fully saturated rings. The number of benzene rings is 1. The first kappa shape index (κ1) is 17.2. The van der Waals surface area contributed by atoms with E-state index in [-0.39, 0.29) is 36.1 Å². The molecule has 26 heavy (non-hydrogen) atoms. The van der Waals surface area contributed by atoms with Gasteiger partial charge in [0.25, 0.3) is 11.5 Å². The van der Waals surface area contributed by atoms with Crippen molar-refractivity contribution >= 4 is 22.5 Å². The fourth-order valence-electron chi connectivity index (χ4n) is 2.57. The first-order valence-corrected chi connectivity index (χ1v) is 7.86. The summed E-state index contributed by atoms with van der Waals surface area (Å²) in [5, 5.41) is 24.9. The van der Waals surface area contributed by atoms with Crippen LogP contribution in [0.15, 0.2) is 35.1 Å². The normalized spacial score (nSPS) is 10.7. The van der Waals surface area contributed by atoms with Crippen LogP contribution in [0, 0.1) is 0 Å². The van der Waals surface area contributed by atoms with Gasteiger partial charge in [0.1, 0.15) is 11.4 Å². The van der Waals surface area contributed by atoms with Crippen LogP contribution in [0.2, 0.25) is 0 Å². The summed E-state index contributed by atoms with van der Waals surface area (Å²) >= 11 is 0. The smallest absolute Gasteiger partial charge is 0.261 e. The third-order valence-corrected chi connectivity index (χ3v) is 3.77. The number of nitrogens with zero attached hydrogens (tertiary/aromatic N) is 2. The molecule has 9 nitrogen and oxygen atoms in total. The van der Waals surface area contributed by atoms with Gasteiger partial charge < -0.3 is 25.8 Å². The zero-order valence-electron chi connectivity index (χ0n) is 13.9. The summed E-state index contributed by atoms with van der Waals surface area (Å²) in [6.45, 7) is 0.135. The highest BCUT2D eigenvalue weighted by Gasteiger charge is 2.13. The number of carbonyl (C=O) groups excluding carboxylic acids is 1. The van der Waals surface area contributed by atoms with E-state index in [1.165, 1.54) is 6.07 Å². The first-order valence-electron chi connectivity index (χ1n) is 7.86. The van der Waals surface area contributed by atoms with Crippen molar-refractivity contribution in [2.75, 3.05) is 18.9 Å². The Labute approximate surface area is 147 Å². The molecule has 0 saturated carbocycles. The number of anilines is 1. The highest BCUT2D eigenvalue weighted by molar-refractivity contribution is 5.99. The minimum absolute atomic E-state index is 0.00886.